The minimum Gasteiger partial charge on any atom is -0.393 e. The summed E-state index contributed by atoms with van der Waals surface area (Å²) < 4.78 is 0. The Kier molecular flexibility index (Phi) is 5.01. The first-order chi connectivity index (χ1) is 8.65. The summed E-state index contributed by atoms with van der Waals surface area (Å²) in [5.41, 5.74) is 0.875. The van der Waals surface area contributed by atoms with Crippen LogP contribution in [-0.4, -0.2) is 40.9 Å². The molecular formula is C14H20ClNO2. The lowest BCUT2D eigenvalue weighted by Crippen LogP contribution is -2.36. The molecule has 0 aliphatic carbocycles. The molecule has 1 aromatic carbocycles. The highest BCUT2D eigenvalue weighted by Gasteiger charge is 2.18. The van der Waals surface area contributed by atoms with Crippen molar-refractivity contribution in [3.8, 4) is 0 Å². The zero-order valence-electron chi connectivity index (χ0n) is 10.4. The first-order valence-corrected chi connectivity index (χ1v) is 6.87. The molecule has 1 unspecified atom stereocenters. The third-order valence-electron chi connectivity index (χ3n) is 3.51. The van der Waals surface area contributed by atoms with E-state index in [-0.39, 0.29) is 6.10 Å². The van der Waals surface area contributed by atoms with Gasteiger partial charge in [0.2, 0.25) is 0 Å². The number of piperidine rings is 1. The maximum atomic E-state index is 10.1. The highest BCUT2D eigenvalue weighted by Crippen LogP contribution is 2.21. The van der Waals surface area contributed by atoms with Gasteiger partial charge in [-0.05, 0) is 37.0 Å². The highest BCUT2D eigenvalue weighted by atomic mass is 35.5. The van der Waals surface area contributed by atoms with Crippen LogP contribution in [0, 0.1) is 0 Å². The Morgan fingerprint density at radius 3 is 2.72 bits per heavy atom. The van der Waals surface area contributed by atoms with Crippen molar-refractivity contribution in [2.45, 2.75) is 31.5 Å². The average Bonchev–Trinajstić information content (AvgIpc) is 2.38. The second-order valence-corrected chi connectivity index (χ2v) is 5.37. The van der Waals surface area contributed by atoms with Crippen molar-refractivity contribution in [2.75, 3.05) is 19.6 Å². The van der Waals surface area contributed by atoms with Gasteiger partial charge in [0.25, 0.3) is 0 Å². The summed E-state index contributed by atoms with van der Waals surface area (Å²) in [4.78, 5) is 2.29. The normalized spacial score (nSPS) is 19.9. The molecule has 0 aromatic heterocycles. The molecule has 4 heteroatoms. The fourth-order valence-corrected chi connectivity index (χ4v) is 2.53. The van der Waals surface area contributed by atoms with E-state index in [2.05, 4.69) is 4.90 Å². The second-order valence-electron chi connectivity index (χ2n) is 4.93. The van der Waals surface area contributed by atoms with Gasteiger partial charge in [-0.2, -0.15) is 0 Å². The summed E-state index contributed by atoms with van der Waals surface area (Å²) in [6.07, 6.45) is 1.78. The van der Waals surface area contributed by atoms with Crippen molar-refractivity contribution >= 4 is 11.6 Å². The van der Waals surface area contributed by atoms with E-state index in [1.165, 1.54) is 0 Å². The van der Waals surface area contributed by atoms with Gasteiger partial charge >= 0.3 is 0 Å². The van der Waals surface area contributed by atoms with Crippen molar-refractivity contribution in [3.05, 3.63) is 34.9 Å². The monoisotopic (exact) mass is 269 g/mol. The number of nitrogens with zero attached hydrogens (tertiary/aromatic N) is 1. The predicted octanol–water partition coefficient (Wildman–Crippen LogP) is 2.22. The SMILES string of the molecule is OC1CCN(CCC(O)c2cccc(Cl)c2)CC1. The summed E-state index contributed by atoms with van der Waals surface area (Å²) >= 11 is 5.90. The number of likely N-dealkylation sites (tertiary alicyclic amines) is 1. The number of hydrogen-bond donors (Lipinski definition) is 2. The Balaban J connectivity index is 1.79. The smallest absolute Gasteiger partial charge is 0.0802 e. The standard InChI is InChI=1S/C14H20ClNO2/c15-12-3-1-2-11(10-12)14(18)6-9-16-7-4-13(17)5-8-16/h1-3,10,13-14,17-18H,4-9H2. The molecule has 1 aliphatic heterocycles. The molecule has 1 fully saturated rings. The van der Waals surface area contributed by atoms with Gasteiger partial charge in [0, 0.05) is 24.7 Å². The van der Waals surface area contributed by atoms with E-state index >= 15 is 0 Å². The molecule has 0 amide bonds. The Hall–Kier alpha value is -0.610. The molecule has 2 N–H and O–H groups in total. The lowest BCUT2D eigenvalue weighted by molar-refractivity contribution is 0.0711. The van der Waals surface area contributed by atoms with Crippen LogP contribution in [0.5, 0.6) is 0 Å². The van der Waals surface area contributed by atoms with Gasteiger partial charge in [-0.1, -0.05) is 23.7 Å². The molecule has 1 aliphatic rings. The fourth-order valence-electron chi connectivity index (χ4n) is 2.33. The number of aliphatic hydroxyl groups is 2. The summed E-state index contributed by atoms with van der Waals surface area (Å²) in [6.45, 7) is 2.70. The number of benzene rings is 1. The molecule has 0 spiro atoms. The summed E-state index contributed by atoms with van der Waals surface area (Å²) in [7, 11) is 0. The van der Waals surface area contributed by atoms with Gasteiger partial charge in [0.1, 0.15) is 0 Å². The Morgan fingerprint density at radius 1 is 1.33 bits per heavy atom. The Bertz CT molecular complexity index is 378. The van der Waals surface area contributed by atoms with E-state index in [1.54, 1.807) is 0 Å². The molecule has 0 bridgehead atoms. The van der Waals surface area contributed by atoms with Crippen molar-refractivity contribution in [1.82, 2.24) is 4.90 Å². The van der Waals surface area contributed by atoms with Gasteiger partial charge in [-0.15, -0.1) is 0 Å². The van der Waals surface area contributed by atoms with E-state index < -0.39 is 6.10 Å². The van der Waals surface area contributed by atoms with E-state index in [0.29, 0.717) is 11.4 Å². The number of aliphatic hydroxyl groups excluding tert-OH is 2. The van der Waals surface area contributed by atoms with Crippen LogP contribution in [0.4, 0.5) is 0 Å². The molecule has 3 nitrogen and oxygen atoms in total. The van der Waals surface area contributed by atoms with Crippen molar-refractivity contribution in [1.29, 1.82) is 0 Å². The van der Waals surface area contributed by atoms with Gasteiger partial charge < -0.3 is 15.1 Å². The van der Waals surface area contributed by atoms with E-state index in [1.807, 2.05) is 24.3 Å². The minimum absolute atomic E-state index is 0.140. The van der Waals surface area contributed by atoms with Gasteiger partial charge in [0.05, 0.1) is 12.2 Å². The lowest BCUT2D eigenvalue weighted by Gasteiger charge is -2.30. The van der Waals surface area contributed by atoms with Crippen LogP contribution >= 0.6 is 11.6 Å². The van der Waals surface area contributed by atoms with Crippen LogP contribution in [-0.2, 0) is 0 Å². The van der Waals surface area contributed by atoms with E-state index in [9.17, 15) is 10.2 Å². The van der Waals surface area contributed by atoms with Crippen LogP contribution in [0.15, 0.2) is 24.3 Å². The second kappa shape index (κ2) is 6.53. The number of hydrogen-bond acceptors (Lipinski definition) is 3. The molecule has 1 saturated heterocycles. The molecule has 1 aromatic rings. The quantitative estimate of drug-likeness (QED) is 0.881. The molecule has 1 atom stereocenters. The fraction of sp³-hybridized carbons (Fsp3) is 0.571. The molecule has 1 heterocycles. The molecule has 18 heavy (non-hydrogen) atoms. The largest absolute Gasteiger partial charge is 0.393 e. The van der Waals surface area contributed by atoms with Crippen LogP contribution in [0.3, 0.4) is 0 Å². The Morgan fingerprint density at radius 2 is 2.06 bits per heavy atom. The maximum absolute atomic E-state index is 10.1. The Labute approximate surface area is 113 Å². The lowest BCUT2D eigenvalue weighted by atomic mass is 10.0. The average molecular weight is 270 g/mol. The van der Waals surface area contributed by atoms with Crippen molar-refractivity contribution in [2.24, 2.45) is 0 Å². The summed E-state index contributed by atoms with van der Waals surface area (Å²) in [5.74, 6) is 0. The molecule has 2 rings (SSSR count). The molecule has 0 radical (unpaired) electrons. The molecule has 0 saturated carbocycles. The van der Waals surface area contributed by atoms with E-state index in [4.69, 9.17) is 11.6 Å². The minimum atomic E-state index is -0.462. The maximum Gasteiger partial charge on any atom is 0.0802 e. The van der Waals surface area contributed by atoms with Gasteiger partial charge in [-0.3, -0.25) is 0 Å². The van der Waals surface area contributed by atoms with Crippen LogP contribution < -0.4 is 0 Å². The summed E-state index contributed by atoms with van der Waals surface area (Å²) in [6, 6.07) is 7.38. The predicted molar refractivity (Wildman–Crippen MR) is 72.7 cm³/mol. The van der Waals surface area contributed by atoms with Crippen LogP contribution in [0.2, 0.25) is 5.02 Å². The first-order valence-electron chi connectivity index (χ1n) is 6.49. The zero-order valence-corrected chi connectivity index (χ0v) is 11.2. The topological polar surface area (TPSA) is 43.7 Å². The molecule has 100 valence electrons. The van der Waals surface area contributed by atoms with E-state index in [0.717, 1.165) is 38.0 Å². The number of halogens is 1. The van der Waals surface area contributed by atoms with Crippen LogP contribution in [0.25, 0.3) is 0 Å². The van der Waals surface area contributed by atoms with Crippen molar-refractivity contribution in [3.63, 3.8) is 0 Å². The highest BCUT2D eigenvalue weighted by molar-refractivity contribution is 6.30. The van der Waals surface area contributed by atoms with Gasteiger partial charge in [0.15, 0.2) is 0 Å². The van der Waals surface area contributed by atoms with Crippen LogP contribution in [0.1, 0.15) is 30.9 Å². The summed E-state index contributed by atoms with van der Waals surface area (Å²) in [5, 5.41) is 20.2. The third kappa shape index (κ3) is 3.95. The third-order valence-corrected chi connectivity index (χ3v) is 3.74. The number of rotatable bonds is 4. The molecular weight excluding hydrogens is 250 g/mol. The van der Waals surface area contributed by atoms with Crippen molar-refractivity contribution < 1.29 is 10.2 Å². The van der Waals surface area contributed by atoms with Gasteiger partial charge in [-0.25, -0.2) is 0 Å². The zero-order chi connectivity index (χ0) is 13.0. The first kappa shape index (κ1) is 13.8.